The van der Waals surface area contributed by atoms with E-state index in [4.69, 9.17) is 14.4 Å². The lowest BCUT2D eigenvalue weighted by molar-refractivity contribution is 0.670. The van der Waals surface area contributed by atoms with Crippen molar-refractivity contribution in [1.29, 1.82) is 0 Å². The van der Waals surface area contributed by atoms with Crippen molar-refractivity contribution in [3.8, 4) is 56.0 Å². The molecule has 0 N–H and O–H groups in total. The van der Waals surface area contributed by atoms with Crippen LogP contribution in [0.5, 0.6) is 0 Å². The predicted molar refractivity (Wildman–Crippen MR) is 227 cm³/mol. The molecule has 8 aromatic carbocycles. The lowest BCUT2D eigenvalue weighted by Gasteiger charge is -2.10. The maximum Gasteiger partial charge on any atom is 0.161 e. The van der Waals surface area contributed by atoms with Crippen molar-refractivity contribution in [1.82, 2.24) is 9.97 Å². The fourth-order valence-electron chi connectivity index (χ4n) is 7.87. The van der Waals surface area contributed by atoms with Gasteiger partial charge in [0, 0.05) is 37.5 Å². The van der Waals surface area contributed by atoms with Gasteiger partial charge in [0.1, 0.15) is 11.2 Å². The highest BCUT2D eigenvalue weighted by Crippen LogP contribution is 2.44. The second-order valence-electron chi connectivity index (χ2n) is 13.7. The fraction of sp³-hybridized carbons (Fsp3) is 0. The van der Waals surface area contributed by atoms with E-state index in [1.165, 1.54) is 37.7 Å². The van der Waals surface area contributed by atoms with Crippen molar-refractivity contribution in [3.05, 3.63) is 182 Å². The van der Waals surface area contributed by atoms with E-state index in [1.807, 2.05) is 0 Å². The lowest BCUT2D eigenvalue weighted by Crippen LogP contribution is -1.94. The first kappa shape index (κ1) is 30.7. The number of hydrogen-bond donors (Lipinski definition) is 0. The molecule has 0 aliphatic rings. The third-order valence-corrected chi connectivity index (χ3v) is 11.7. The molecule has 54 heavy (non-hydrogen) atoms. The van der Waals surface area contributed by atoms with Crippen LogP contribution in [-0.2, 0) is 0 Å². The van der Waals surface area contributed by atoms with E-state index < -0.39 is 0 Å². The Morgan fingerprint density at radius 2 is 1.06 bits per heavy atom. The summed E-state index contributed by atoms with van der Waals surface area (Å²) in [5, 5.41) is 5.57. The highest BCUT2D eigenvalue weighted by molar-refractivity contribution is 7.26. The largest absolute Gasteiger partial charge is 0.455 e. The Bertz CT molecular complexity index is 3220. The predicted octanol–water partition coefficient (Wildman–Crippen LogP) is 14.2. The Morgan fingerprint density at radius 1 is 0.426 bits per heavy atom. The summed E-state index contributed by atoms with van der Waals surface area (Å²) >= 11 is 1.76. The third kappa shape index (κ3) is 5.03. The Balaban J connectivity index is 1.12. The first-order valence-corrected chi connectivity index (χ1v) is 19.0. The standard InChI is InChI=1S/C50H30N2OS/c1-3-12-31(13-4-1)34-16-9-17-36(28-34)39-19-10-20-41-45-42(21-11-22-43(45)53-48(39)41)50-51-46(49-47(52-50)40-18-7-8-23-44(40)54-49)37-27-25-33-24-26-35(29-38(33)30-37)32-14-5-2-6-15-32/h1-30H. The molecule has 3 nitrogen and oxygen atoms in total. The summed E-state index contributed by atoms with van der Waals surface area (Å²) in [6, 6.07) is 64.3. The van der Waals surface area contributed by atoms with Gasteiger partial charge in [-0.05, 0) is 68.9 Å². The summed E-state index contributed by atoms with van der Waals surface area (Å²) in [5.41, 5.74) is 12.5. The minimum Gasteiger partial charge on any atom is -0.455 e. The van der Waals surface area contributed by atoms with Gasteiger partial charge in [0.05, 0.1) is 15.9 Å². The van der Waals surface area contributed by atoms with Crippen LogP contribution in [0.15, 0.2) is 186 Å². The minimum atomic E-state index is 0.684. The van der Waals surface area contributed by atoms with Crippen molar-refractivity contribution >= 4 is 64.4 Å². The Morgan fingerprint density at radius 3 is 1.89 bits per heavy atom. The van der Waals surface area contributed by atoms with Gasteiger partial charge in [0.2, 0.25) is 0 Å². The number of rotatable bonds is 5. The van der Waals surface area contributed by atoms with E-state index in [2.05, 4.69) is 182 Å². The zero-order chi connectivity index (χ0) is 35.6. The molecule has 0 bridgehead atoms. The number of aromatic nitrogens is 2. The molecule has 0 atom stereocenters. The van der Waals surface area contributed by atoms with Crippen LogP contribution in [0.3, 0.4) is 0 Å². The molecule has 4 heteroatoms. The molecule has 0 saturated carbocycles. The SMILES string of the molecule is c1ccc(-c2cccc(-c3cccc4c3oc3cccc(-c5nc(-c6ccc7ccc(-c8ccccc8)cc7c6)c6sc7ccccc7c6n5)c34)c2)cc1. The average Bonchev–Trinajstić information content (AvgIpc) is 3.82. The smallest absolute Gasteiger partial charge is 0.161 e. The van der Waals surface area contributed by atoms with Gasteiger partial charge in [0.25, 0.3) is 0 Å². The van der Waals surface area contributed by atoms with Crippen molar-refractivity contribution in [2.24, 2.45) is 0 Å². The molecule has 0 aliphatic carbocycles. The molecular formula is C50H30N2OS. The second-order valence-corrected chi connectivity index (χ2v) is 14.8. The van der Waals surface area contributed by atoms with Crippen LogP contribution < -0.4 is 0 Å². The molecule has 0 fully saturated rings. The molecule has 0 saturated heterocycles. The quantitative estimate of drug-likeness (QED) is 0.179. The van der Waals surface area contributed by atoms with Gasteiger partial charge in [-0.1, -0.05) is 152 Å². The summed E-state index contributed by atoms with van der Waals surface area (Å²) in [5.74, 6) is 0.684. The molecule has 0 amide bonds. The van der Waals surface area contributed by atoms with Crippen molar-refractivity contribution < 1.29 is 4.42 Å². The number of para-hydroxylation sites is 1. The van der Waals surface area contributed by atoms with Crippen LogP contribution in [0.4, 0.5) is 0 Å². The van der Waals surface area contributed by atoms with E-state index in [0.29, 0.717) is 5.82 Å². The molecule has 0 unspecified atom stereocenters. The normalized spacial score (nSPS) is 11.7. The van der Waals surface area contributed by atoms with Crippen LogP contribution in [0, 0.1) is 0 Å². The summed E-state index contributed by atoms with van der Waals surface area (Å²) in [6.07, 6.45) is 0. The molecule has 0 aliphatic heterocycles. The number of nitrogens with zero attached hydrogens (tertiary/aromatic N) is 2. The van der Waals surface area contributed by atoms with Crippen LogP contribution in [-0.4, -0.2) is 9.97 Å². The maximum absolute atomic E-state index is 6.75. The molecule has 0 radical (unpaired) electrons. The van der Waals surface area contributed by atoms with Gasteiger partial charge < -0.3 is 4.42 Å². The van der Waals surface area contributed by atoms with E-state index in [9.17, 15) is 0 Å². The van der Waals surface area contributed by atoms with E-state index >= 15 is 0 Å². The number of thiophene rings is 1. The van der Waals surface area contributed by atoms with Crippen LogP contribution >= 0.6 is 11.3 Å². The monoisotopic (exact) mass is 706 g/mol. The Labute approximate surface area is 315 Å². The average molecular weight is 707 g/mol. The number of furan rings is 1. The Hall–Kier alpha value is -6.88. The van der Waals surface area contributed by atoms with Gasteiger partial charge in [-0.2, -0.15) is 0 Å². The van der Waals surface area contributed by atoms with Gasteiger partial charge in [-0.3, -0.25) is 0 Å². The molecule has 252 valence electrons. The summed E-state index contributed by atoms with van der Waals surface area (Å²) in [7, 11) is 0. The lowest BCUT2D eigenvalue weighted by atomic mass is 9.97. The second kappa shape index (κ2) is 12.4. The maximum atomic E-state index is 6.75. The van der Waals surface area contributed by atoms with E-state index in [0.717, 1.165) is 65.5 Å². The molecule has 3 aromatic heterocycles. The summed E-state index contributed by atoms with van der Waals surface area (Å²) in [4.78, 5) is 10.8. The molecule has 11 rings (SSSR count). The molecular weight excluding hydrogens is 677 g/mol. The van der Waals surface area contributed by atoms with Crippen LogP contribution in [0.2, 0.25) is 0 Å². The molecule has 3 heterocycles. The molecule has 0 spiro atoms. The van der Waals surface area contributed by atoms with Crippen LogP contribution in [0.25, 0.3) is 109 Å². The third-order valence-electron chi connectivity index (χ3n) is 10.5. The topological polar surface area (TPSA) is 38.9 Å². The van der Waals surface area contributed by atoms with Gasteiger partial charge in [0.15, 0.2) is 5.82 Å². The van der Waals surface area contributed by atoms with Crippen molar-refractivity contribution in [2.45, 2.75) is 0 Å². The number of benzene rings is 8. The first-order valence-electron chi connectivity index (χ1n) is 18.1. The zero-order valence-corrected chi connectivity index (χ0v) is 29.8. The van der Waals surface area contributed by atoms with Crippen molar-refractivity contribution in [2.75, 3.05) is 0 Å². The zero-order valence-electron chi connectivity index (χ0n) is 29.0. The first-order chi connectivity index (χ1) is 26.7. The van der Waals surface area contributed by atoms with Crippen molar-refractivity contribution in [3.63, 3.8) is 0 Å². The summed E-state index contributed by atoms with van der Waals surface area (Å²) < 4.78 is 9.03. The number of fused-ring (bicyclic) bond motifs is 7. The van der Waals surface area contributed by atoms with Crippen LogP contribution in [0.1, 0.15) is 0 Å². The van der Waals surface area contributed by atoms with Gasteiger partial charge in [-0.15, -0.1) is 11.3 Å². The van der Waals surface area contributed by atoms with E-state index in [1.54, 1.807) is 11.3 Å². The Kier molecular flexibility index (Phi) is 7.04. The van der Waals surface area contributed by atoms with Gasteiger partial charge >= 0.3 is 0 Å². The highest BCUT2D eigenvalue weighted by Gasteiger charge is 2.21. The van der Waals surface area contributed by atoms with E-state index in [-0.39, 0.29) is 0 Å². The highest BCUT2D eigenvalue weighted by atomic mass is 32.1. The van der Waals surface area contributed by atoms with Gasteiger partial charge in [-0.25, -0.2) is 9.97 Å². The fourth-order valence-corrected chi connectivity index (χ4v) is 9.02. The minimum absolute atomic E-state index is 0.684. The summed E-state index contributed by atoms with van der Waals surface area (Å²) in [6.45, 7) is 0. The molecule has 11 aromatic rings. The number of hydrogen-bond acceptors (Lipinski definition) is 4.